The maximum atomic E-state index is 11.3. The van der Waals surface area contributed by atoms with Crippen molar-refractivity contribution in [2.75, 3.05) is 6.26 Å². The Bertz CT molecular complexity index is 528. The first kappa shape index (κ1) is 14.7. The Morgan fingerprint density at radius 2 is 1.89 bits per heavy atom. The molecule has 0 spiro atoms. The molecule has 18 heavy (non-hydrogen) atoms. The van der Waals surface area contributed by atoms with E-state index in [0.717, 1.165) is 18.2 Å². The zero-order valence-electron chi connectivity index (χ0n) is 10.8. The third kappa shape index (κ3) is 4.13. The molecule has 1 aromatic rings. The van der Waals surface area contributed by atoms with E-state index in [1.54, 1.807) is 24.3 Å². The fraction of sp³-hybridized carbons (Fsp3) is 0.462. The van der Waals surface area contributed by atoms with Gasteiger partial charge in [-0.05, 0) is 23.6 Å². The molecular weight excluding hydrogens is 250 g/mol. The molecule has 0 aliphatic carbocycles. The van der Waals surface area contributed by atoms with Crippen LogP contribution in [-0.4, -0.2) is 14.7 Å². The van der Waals surface area contributed by atoms with Crippen molar-refractivity contribution in [2.45, 2.75) is 26.4 Å². The van der Waals surface area contributed by atoms with Crippen molar-refractivity contribution >= 4 is 10.1 Å². The molecule has 0 aliphatic heterocycles. The Balaban J connectivity index is 3.06. The zero-order chi connectivity index (χ0) is 13.8. The highest BCUT2D eigenvalue weighted by atomic mass is 32.2. The van der Waals surface area contributed by atoms with E-state index in [-0.39, 0.29) is 5.92 Å². The normalized spacial score (nSPS) is 14.8. The molecule has 0 saturated heterocycles. The molecule has 4 nitrogen and oxygen atoms in total. The van der Waals surface area contributed by atoms with Crippen LogP contribution in [-0.2, 0) is 14.3 Å². The fourth-order valence-electron chi connectivity index (χ4n) is 1.63. The van der Waals surface area contributed by atoms with Gasteiger partial charge in [0.15, 0.2) is 0 Å². The highest BCUT2D eigenvalue weighted by molar-refractivity contribution is 7.86. The Morgan fingerprint density at radius 1 is 1.33 bits per heavy atom. The average molecular weight is 267 g/mol. The van der Waals surface area contributed by atoms with Crippen LogP contribution >= 0.6 is 0 Å². The van der Waals surface area contributed by atoms with Gasteiger partial charge in [0, 0.05) is 0 Å². The standard InChI is InChI=1S/C13H17NO3S/c1-4-10(2)13(17-18(3,15)16)12-7-5-11(9-14)6-8-12/h5-8,10,13H,4H2,1-3H3/t10-,13-/m1/s1. The summed E-state index contributed by atoms with van der Waals surface area (Å²) in [7, 11) is -3.51. The van der Waals surface area contributed by atoms with Crippen molar-refractivity contribution in [1.82, 2.24) is 0 Å². The quantitative estimate of drug-likeness (QED) is 0.769. The molecule has 0 heterocycles. The molecule has 0 saturated carbocycles. The van der Waals surface area contributed by atoms with E-state index in [9.17, 15) is 8.42 Å². The minimum absolute atomic E-state index is 0.0765. The Labute approximate surface area is 108 Å². The summed E-state index contributed by atoms with van der Waals surface area (Å²) >= 11 is 0. The lowest BCUT2D eigenvalue weighted by Gasteiger charge is -2.22. The highest BCUT2D eigenvalue weighted by Gasteiger charge is 2.23. The molecule has 0 aromatic heterocycles. The van der Waals surface area contributed by atoms with Crippen LogP contribution in [0.1, 0.15) is 37.5 Å². The molecule has 98 valence electrons. The summed E-state index contributed by atoms with van der Waals surface area (Å²) in [6, 6.07) is 8.82. The Kier molecular flexibility index (Phi) is 4.88. The van der Waals surface area contributed by atoms with Gasteiger partial charge in [0.05, 0.1) is 17.9 Å². The van der Waals surface area contributed by atoms with Gasteiger partial charge in [-0.15, -0.1) is 0 Å². The van der Waals surface area contributed by atoms with Gasteiger partial charge in [-0.2, -0.15) is 13.7 Å². The molecule has 5 heteroatoms. The first-order valence-electron chi connectivity index (χ1n) is 5.75. The number of nitrogens with zero attached hydrogens (tertiary/aromatic N) is 1. The van der Waals surface area contributed by atoms with Crippen molar-refractivity contribution in [3.63, 3.8) is 0 Å². The van der Waals surface area contributed by atoms with Crippen molar-refractivity contribution in [1.29, 1.82) is 5.26 Å². The van der Waals surface area contributed by atoms with Crippen molar-refractivity contribution < 1.29 is 12.6 Å². The average Bonchev–Trinajstić information content (AvgIpc) is 2.34. The van der Waals surface area contributed by atoms with Crippen LogP contribution in [0.15, 0.2) is 24.3 Å². The van der Waals surface area contributed by atoms with E-state index >= 15 is 0 Å². The number of nitriles is 1. The predicted molar refractivity (Wildman–Crippen MR) is 69.3 cm³/mol. The lowest BCUT2D eigenvalue weighted by Crippen LogP contribution is -2.17. The van der Waals surface area contributed by atoms with Gasteiger partial charge in [-0.3, -0.25) is 4.18 Å². The SMILES string of the molecule is CC[C@@H](C)[C@@H](OS(C)(=O)=O)c1ccc(C#N)cc1. The summed E-state index contributed by atoms with van der Waals surface area (Å²) in [5.41, 5.74) is 1.31. The number of hydrogen-bond donors (Lipinski definition) is 0. The summed E-state index contributed by atoms with van der Waals surface area (Å²) < 4.78 is 27.7. The summed E-state index contributed by atoms with van der Waals surface area (Å²) in [5.74, 6) is 0.0765. The van der Waals surface area contributed by atoms with Crippen LogP contribution in [0, 0.1) is 17.2 Å². The molecule has 0 radical (unpaired) electrons. The first-order chi connectivity index (χ1) is 8.37. The molecule has 0 aliphatic rings. The summed E-state index contributed by atoms with van der Waals surface area (Å²) in [6.07, 6.45) is 1.35. The lowest BCUT2D eigenvalue weighted by atomic mass is 9.95. The van der Waals surface area contributed by atoms with Gasteiger partial charge < -0.3 is 0 Å². The lowest BCUT2D eigenvalue weighted by molar-refractivity contribution is 0.151. The third-order valence-corrected chi connectivity index (χ3v) is 3.36. The molecule has 1 aromatic carbocycles. The Hall–Kier alpha value is -1.38. The molecule has 0 fully saturated rings. The predicted octanol–water partition coefficient (Wildman–Crippen LogP) is 2.62. The van der Waals surface area contributed by atoms with E-state index in [1.165, 1.54) is 0 Å². The monoisotopic (exact) mass is 267 g/mol. The molecular formula is C13H17NO3S. The minimum Gasteiger partial charge on any atom is -0.262 e. The maximum absolute atomic E-state index is 11.3. The van der Waals surface area contributed by atoms with Gasteiger partial charge in [-0.25, -0.2) is 0 Å². The largest absolute Gasteiger partial charge is 0.264 e. The van der Waals surface area contributed by atoms with E-state index < -0.39 is 16.2 Å². The van der Waals surface area contributed by atoms with Crippen molar-refractivity contribution in [3.8, 4) is 6.07 Å². The Morgan fingerprint density at radius 3 is 2.28 bits per heavy atom. The van der Waals surface area contributed by atoms with Crippen LogP contribution in [0.25, 0.3) is 0 Å². The van der Waals surface area contributed by atoms with Crippen LogP contribution in [0.2, 0.25) is 0 Å². The summed E-state index contributed by atoms with van der Waals surface area (Å²) in [5, 5.41) is 8.73. The van der Waals surface area contributed by atoms with Crippen LogP contribution in [0.3, 0.4) is 0 Å². The van der Waals surface area contributed by atoms with Gasteiger partial charge in [0.1, 0.15) is 6.10 Å². The van der Waals surface area contributed by atoms with Gasteiger partial charge >= 0.3 is 0 Å². The van der Waals surface area contributed by atoms with E-state index in [2.05, 4.69) is 0 Å². The molecule has 0 amide bonds. The van der Waals surface area contributed by atoms with Crippen LogP contribution in [0.5, 0.6) is 0 Å². The molecule has 0 N–H and O–H groups in total. The second-order valence-electron chi connectivity index (χ2n) is 4.34. The van der Waals surface area contributed by atoms with E-state index in [0.29, 0.717) is 5.56 Å². The van der Waals surface area contributed by atoms with Gasteiger partial charge in [0.25, 0.3) is 10.1 Å². The van der Waals surface area contributed by atoms with Crippen LogP contribution in [0.4, 0.5) is 0 Å². The maximum Gasteiger partial charge on any atom is 0.264 e. The number of hydrogen-bond acceptors (Lipinski definition) is 4. The number of rotatable bonds is 5. The third-order valence-electron chi connectivity index (χ3n) is 2.81. The minimum atomic E-state index is -3.51. The van der Waals surface area contributed by atoms with E-state index in [1.807, 2.05) is 19.9 Å². The van der Waals surface area contributed by atoms with Crippen LogP contribution < -0.4 is 0 Å². The molecule has 0 unspecified atom stereocenters. The van der Waals surface area contributed by atoms with Gasteiger partial charge in [-0.1, -0.05) is 32.4 Å². The molecule has 0 bridgehead atoms. The van der Waals surface area contributed by atoms with Gasteiger partial charge in [0.2, 0.25) is 0 Å². The molecule has 1 rings (SSSR count). The number of benzene rings is 1. The topological polar surface area (TPSA) is 67.2 Å². The van der Waals surface area contributed by atoms with E-state index in [4.69, 9.17) is 9.44 Å². The first-order valence-corrected chi connectivity index (χ1v) is 7.57. The zero-order valence-corrected chi connectivity index (χ0v) is 11.6. The van der Waals surface area contributed by atoms with Crippen molar-refractivity contribution in [3.05, 3.63) is 35.4 Å². The second-order valence-corrected chi connectivity index (χ2v) is 5.94. The highest BCUT2D eigenvalue weighted by Crippen LogP contribution is 2.29. The summed E-state index contributed by atoms with van der Waals surface area (Å²) in [4.78, 5) is 0. The van der Waals surface area contributed by atoms with Crippen molar-refractivity contribution in [2.24, 2.45) is 5.92 Å². The summed E-state index contributed by atoms with van der Waals surface area (Å²) in [6.45, 7) is 3.92. The molecule has 2 atom stereocenters. The smallest absolute Gasteiger partial charge is 0.262 e. The fourth-order valence-corrected chi connectivity index (χ4v) is 2.31. The second kappa shape index (κ2) is 5.98.